The summed E-state index contributed by atoms with van der Waals surface area (Å²) in [5.41, 5.74) is 0. The van der Waals surface area contributed by atoms with E-state index in [1.165, 1.54) is 0 Å². The highest BCUT2D eigenvalue weighted by atomic mass is 32.2. The molecular formula is C14H27N5O2S. The van der Waals surface area contributed by atoms with Gasteiger partial charge in [0.05, 0.1) is 12.8 Å². The fourth-order valence-electron chi connectivity index (χ4n) is 2.84. The third-order valence-corrected chi connectivity index (χ3v) is 4.63. The normalized spacial score (nSPS) is 23.5. The molecule has 2 aliphatic rings. The second-order valence-electron chi connectivity index (χ2n) is 5.72. The molecule has 0 spiro atoms. The minimum Gasteiger partial charge on any atom is -0.357 e. The summed E-state index contributed by atoms with van der Waals surface area (Å²) in [5.74, 6) is 0.882. The van der Waals surface area contributed by atoms with Crippen molar-refractivity contribution in [2.75, 3.05) is 52.1 Å². The average Bonchev–Trinajstić information content (AvgIpc) is 3.10. The smallest absolute Gasteiger partial charge is 0.208 e. The second-order valence-corrected chi connectivity index (χ2v) is 7.55. The van der Waals surface area contributed by atoms with Crippen molar-refractivity contribution in [2.24, 2.45) is 4.99 Å². The van der Waals surface area contributed by atoms with Crippen molar-refractivity contribution in [2.45, 2.75) is 19.4 Å². The lowest BCUT2D eigenvalue weighted by molar-refractivity contribution is 0.259. The lowest BCUT2D eigenvalue weighted by Crippen LogP contribution is -2.43. The lowest BCUT2D eigenvalue weighted by atomic mass is 10.2. The molecule has 2 N–H and O–H groups in total. The van der Waals surface area contributed by atoms with Crippen molar-refractivity contribution in [1.82, 2.24) is 19.8 Å². The molecule has 0 saturated carbocycles. The van der Waals surface area contributed by atoms with E-state index in [1.54, 1.807) is 0 Å². The van der Waals surface area contributed by atoms with Gasteiger partial charge in [-0.2, -0.15) is 0 Å². The first-order chi connectivity index (χ1) is 10.5. The summed E-state index contributed by atoms with van der Waals surface area (Å²) in [6.45, 7) is 7.70. The Balaban J connectivity index is 1.85. The van der Waals surface area contributed by atoms with Crippen LogP contribution in [0.5, 0.6) is 0 Å². The number of likely N-dealkylation sites (tertiary alicyclic amines) is 1. The Morgan fingerprint density at radius 1 is 1.36 bits per heavy atom. The molecule has 1 atom stereocenters. The van der Waals surface area contributed by atoms with Crippen molar-refractivity contribution >= 4 is 16.0 Å². The Hall–Kier alpha value is -1.12. The van der Waals surface area contributed by atoms with Gasteiger partial charge >= 0.3 is 0 Å². The summed E-state index contributed by atoms with van der Waals surface area (Å²) in [4.78, 5) is 9.28. The highest BCUT2D eigenvalue weighted by Gasteiger charge is 2.29. The number of aliphatic imine (C=N–C) groups is 1. The van der Waals surface area contributed by atoms with Crippen LogP contribution in [0.4, 0.5) is 0 Å². The van der Waals surface area contributed by atoms with E-state index in [9.17, 15) is 8.42 Å². The number of hydrogen-bond donors (Lipinski definition) is 2. The largest absolute Gasteiger partial charge is 0.357 e. The van der Waals surface area contributed by atoms with Crippen LogP contribution in [0.1, 0.15) is 13.3 Å². The van der Waals surface area contributed by atoms with Crippen LogP contribution in [0, 0.1) is 0 Å². The number of hydrogen-bond acceptors (Lipinski definition) is 4. The molecule has 0 aromatic rings. The number of sulfonamides is 1. The fourth-order valence-corrected chi connectivity index (χ4v) is 3.31. The molecular weight excluding hydrogens is 302 g/mol. The highest BCUT2D eigenvalue weighted by molar-refractivity contribution is 7.88. The molecule has 0 aliphatic carbocycles. The Morgan fingerprint density at radius 2 is 2.09 bits per heavy atom. The van der Waals surface area contributed by atoms with E-state index in [2.05, 4.69) is 37.0 Å². The minimum atomic E-state index is -3.14. The van der Waals surface area contributed by atoms with Crippen LogP contribution < -0.4 is 10.0 Å². The molecule has 22 heavy (non-hydrogen) atoms. The van der Waals surface area contributed by atoms with Crippen LogP contribution in [-0.4, -0.2) is 82.3 Å². The quantitative estimate of drug-likeness (QED) is 0.296. The zero-order valence-corrected chi connectivity index (χ0v) is 14.3. The van der Waals surface area contributed by atoms with Gasteiger partial charge in [-0.1, -0.05) is 12.2 Å². The minimum absolute atomic E-state index is 0.334. The Kier molecular flexibility index (Phi) is 6.22. The van der Waals surface area contributed by atoms with E-state index in [0.717, 1.165) is 51.4 Å². The summed E-state index contributed by atoms with van der Waals surface area (Å²) in [5, 5.41) is 3.30. The highest BCUT2D eigenvalue weighted by Crippen LogP contribution is 2.17. The maximum absolute atomic E-state index is 11.1. The van der Waals surface area contributed by atoms with Gasteiger partial charge in [0.2, 0.25) is 10.0 Å². The molecule has 0 amide bonds. The predicted octanol–water partition coefficient (Wildman–Crippen LogP) is -0.553. The van der Waals surface area contributed by atoms with E-state index in [0.29, 0.717) is 19.1 Å². The van der Waals surface area contributed by atoms with Crippen LogP contribution in [0.3, 0.4) is 0 Å². The summed E-state index contributed by atoms with van der Waals surface area (Å²) < 4.78 is 24.6. The van der Waals surface area contributed by atoms with Crippen molar-refractivity contribution in [3.05, 3.63) is 12.2 Å². The Morgan fingerprint density at radius 3 is 2.73 bits per heavy atom. The molecule has 2 aliphatic heterocycles. The molecule has 1 saturated heterocycles. The number of guanidine groups is 1. The van der Waals surface area contributed by atoms with Gasteiger partial charge in [0.15, 0.2) is 5.96 Å². The topological polar surface area (TPSA) is 77.0 Å². The van der Waals surface area contributed by atoms with Crippen molar-refractivity contribution in [3.63, 3.8) is 0 Å². The molecule has 0 radical (unpaired) electrons. The van der Waals surface area contributed by atoms with E-state index < -0.39 is 10.0 Å². The van der Waals surface area contributed by atoms with Crippen molar-refractivity contribution < 1.29 is 8.42 Å². The second kappa shape index (κ2) is 7.94. The Bertz CT molecular complexity index is 509. The summed E-state index contributed by atoms with van der Waals surface area (Å²) in [6.07, 6.45) is 6.75. The zero-order valence-electron chi connectivity index (χ0n) is 13.5. The standard InChI is InChI=1S/C14H27N5O2S/c1-3-15-14(16-7-8-17-22(2,20)21)19-11-6-13(12-19)18-9-4-5-10-18/h4-5,13,17H,3,6-12H2,1-2H3,(H,15,16). The van der Waals surface area contributed by atoms with Gasteiger partial charge in [-0.15, -0.1) is 0 Å². The zero-order chi connectivity index (χ0) is 16.0. The van der Waals surface area contributed by atoms with Crippen molar-refractivity contribution in [3.8, 4) is 0 Å². The predicted molar refractivity (Wildman–Crippen MR) is 89.5 cm³/mol. The molecule has 8 heteroatoms. The summed E-state index contributed by atoms with van der Waals surface area (Å²) in [6, 6.07) is 0.577. The molecule has 126 valence electrons. The van der Waals surface area contributed by atoms with Gasteiger partial charge in [0, 0.05) is 45.3 Å². The monoisotopic (exact) mass is 329 g/mol. The van der Waals surface area contributed by atoms with Gasteiger partial charge in [0.25, 0.3) is 0 Å². The molecule has 0 aromatic heterocycles. The molecule has 1 unspecified atom stereocenters. The third kappa shape index (κ3) is 5.26. The van der Waals surface area contributed by atoms with Crippen LogP contribution in [0.2, 0.25) is 0 Å². The first kappa shape index (κ1) is 17.2. The molecule has 1 fully saturated rings. The SMILES string of the molecule is CCNC(=NCCNS(C)(=O)=O)N1CCC(N2CC=CC2)C1. The van der Waals surface area contributed by atoms with Crippen LogP contribution >= 0.6 is 0 Å². The van der Waals surface area contributed by atoms with Gasteiger partial charge in [0.1, 0.15) is 0 Å². The first-order valence-electron chi connectivity index (χ1n) is 7.86. The van der Waals surface area contributed by atoms with Gasteiger partial charge < -0.3 is 10.2 Å². The summed E-state index contributed by atoms with van der Waals surface area (Å²) >= 11 is 0. The first-order valence-corrected chi connectivity index (χ1v) is 9.75. The maximum atomic E-state index is 11.1. The van der Waals surface area contributed by atoms with Crippen molar-refractivity contribution in [1.29, 1.82) is 0 Å². The van der Waals surface area contributed by atoms with E-state index in [1.807, 2.05) is 6.92 Å². The number of rotatable bonds is 6. The molecule has 0 aromatic carbocycles. The molecule has 0 bridgehead atoms. The van der Waals surface area contributed by atoms with Crippen LogP contribution in [-0.2, 0) is 10.0 Å². The average molecular weight is 329 g/mol. The fraction of sp³-hybridized carbons (Fsp3) is 0.786. The molecule has 2 heterocycles. The van der Waals surface area contributed by atoms with E-state index in [4.69, 9.17) is 0 Å². The third-order valence-electron chi connectivity index (χ3n) is 3.90. The van der Waals surface area contributed by atoms with Crippen LogP contribution in [0.25, 0.3) is 0 Å². The van der Waals surface area contributed by atoms with Crippen LogP contribution in [0.15, 0.2) is 17.1 Å². The van der Waals surface area contributed by atoms with Gasteiger partial charge in [-0.3, -0.25) is 9.89 Å². The Labute approximate surface area is 133 Å². The van der Waals surface area contributed by atoms with Gasteiger partial charge in [-0.05, 0) is 13.3 Å². The maximum Gasteiger partial charge on any atom is 0.208 e. The number of nitrogens with one attached hydrogen (secondary N) is 2. The molecule has 7 nitrogen and oxygen atoms in total. The van der Waals surface area contributed by atoms with E-state index >= 15 is 0 Å². The van der Waals surface area contributed by atoms with E-state index in [-0.39, 0.29) is 0 Å². The van der Waals surface area contributed by atoms with Gasteiger partial charge in [-0.25, -0.2) is 13.1 Å². The lowest BCUT2D eigenvalue weighted by Gasteiger charge is -2.25. The number of nitrogens with zero attached hydrogens (tertiary/aromatic N) is 3. The molecule has 2 rings (SSSR count). The summed E-state index contributed by atoms with van der Waals surface area (Å²) in [7, 11) is -3.14.